The average molecular weight is 349 g/mol. The largest absolute Gasteiger partial charge is 0.354 e. The third-order valence-electron chi connectivity index (χ3n) is 3.43. The van der Waals surface area contributed by atoms with Crippen molar-refractivity contribution < 1.29 is 14.0 Å². The molecule has 126 valence electrons. The normalized spacial score (nSPS) is 10.3. The molecule has 0 atom stereocenters. The van der Waals surface area contributed by atoms with E-state index >= 15 is 0 Å². The highest BCUT2D eigenvalue weighted by atomic mass is 35.5. The molecule has 0 unspecified atom stereocenters. The molecule has 2 amide bonds. The number of rotatable bonds is 6. The molecule has 2 rings (SSSR count). The van der Waals surface area contributed by atoms with Crippen LogP contribution in [0.3, 0.4) is 0 Å². The number of carbonyl (C=O) groups is 2. The quantitative estimate of drug-likeness (QED) is 0.871. The summed E-state index contributed by atoms with van der Waals surface area (Å²) in [5.74, 6) is -0.771. The lowest BCUT2D eigenvalue weighted by Crippen LogP contribution is -2.38. The highest BCUT2D eigenvalue weighted by molar-refractivity contribution is 6.33. The van der Waals surface area contributed by atoms with Crippen molar-refractivity contribution in [1.29, 1.82) is 0 Å². The zero-order valence-electron chi connectivity index (χ0n) is 13.3. The first-order valence-electron chi connectivity index (χ1n) is 7.51. The number of benzene rings is 2. The minimum Gasteiger partial charge on any atom is -0.354 e. The highest BCUT2D eigenvalue weighted by Crippen LogP contribution is 2.24. The Bertz CT molecular complexity index is 736. The van der Waals surface area contributed by atoms with E-state index in [1.54, 1.807) is 36.4 Å². The number of carbonyl (C=O) groups excluding carboxylic acids is 2. The number of nitrogens with zero attached hydrogens (tertiary/aromatic N) is 1. The molecule has 2 aromatic rings. The maximum absolute atomic E-state index is 13.1. The number of halogens is 2. The Morgan fingerprint density at radius 1 is 1.17 bits per heavy atom. The number of nitrogens with one attached hydrogen (secondary N) is 1. The summed E-state index contributed by atoms with van der Waals surface area (Å²) in [7, 11) is 0. The SMILES string of the molecule is CC(=O)N(CCNC(=O)Cc1cccc(F)c1)c1ccccc1Cl. The Balaban J connectivity index is 1.90. The molecule has 6 heteroatoms. The van der Waals surface area contributed by atoms with E-state index in [-0.39, 0.29) is 30.6 Å². The smallest absolute Gasteiger partial charge is 0.224 e. The standard InChI is InChI=1S/C18H18ClFN2O2/c1-13(23)22(17-8-3-2-7-16(17)19)10-9-21-18(24)12-14-5-4-6-15(20)11-14/h2-8,11H,9-10,12H2,1H3,(H,21,24). The predicted octanol–water partition coefficient (Wildman–Crippen LogP) is 3.19. The van der Waals surface area contributed by atoms with Crippen LogP contribution in [0.15, 0.2) is 48.5 Å². The van der Waals surface area contributed by atoms with Gasteiger partial charge in [-0.1, -0.05) is 35.9 Å². The fourth-order valence-electron chi connectivity index (χ4n) is 2.32. The minimum atomic E-state index is -0.373. The summed E-state index contributed by atoms with van der Waals surface area (Å²) in [5, 5.41) is 3.20. The van der Waals surface area contributed by atoms with Gasteiger partial charge in [-0.15, -0.1) is 0 Å². The van der Waals surface area contributed by atoms with E-state index in [0.29, 0.717) is 22.8 Å². The first kappa shape index (κ1) is 17.9. The predicted molar refractivity (Wildman–Crippen MR) is 92.6 cm³/mol. The molecule has 4 nitrogen and oxygen atoms in total. The van der Waals surface area contributed by atoms with Gasteiger partial charge in [0.2, 0.25) is 11.8 Å². The van der Waals surface area contributed by atoms with Gasteiger partial charge in [-0.3, -0.25) is 9.59 Å². The summed E-state index contributed by atoms with van der Waals surface area (Å²) < 4.78 is 13.1. The van der Waals surface area contributed by atoms with Gasteiger partial charge in [0.1, 0.15) is 5.82 Å². The van der Waals surface area contributed by atoms with Gasteiger partial charge < -0.3 is 10.2 Å². The van der Waals surface area contributed by atoms with Crippen LogP contribution in [0.5, 0.6) is 0 Å². The monoisotopic (exact) mass is 348 g/mol. The van der Waals surface area contributed by atoms with E-state index < -0.39 is 0 Å². The van der Waals surface area contributed by atoms with E-state index in [2.05, 4.69) is 5.32 Å². The summed E-state index contributed by atoms with van der Waals surface area (Å²) in [6.45, 7) is 2.02. The second kappa shape index (κ2) is 8.45. The Morgan fingerprint density at radius 2 is 1.92 bits per heavy atom. The van der Waals surface area contributed by atoms with Gasteiger partial charge in [0.05, 0.1) is 17.1 Å². The van der Waals surface area contributed by atoms with Crippen LogP contribution in [-0.2, 0) is 16.0 Å². The van der Waals surface area contributed by atoms with Gasteiger partial charge in [0.15, 0.2) is 0 Å². The van der Waals surface area contributed by atoms with Gasteiger partial charge in [-0.05, 0) is 29.8 Å². The summed E-state index contributed by atoms with van der Waals surface area (Å²) in [6, 6.07) is 12.9. The number of hydrogen-bond donors (Lipinski definition) is 1. The molecule has 0 radical (unpaired) electrons. The van der Waals surface area contributed by atoms with Crippen LogP contribution < -0.4 is 10.2 Å². The highest BCUT2D eigenvalue weighted by Gasteiger charge is 2.14. The van der Waals surface area contributed by atoms with E-state index in [0.717, 1.165) is 0 Å². The third-order valence-corrected chi connectivity index (χ3v) is 3.75. The van der Waals surface area contributed by atoms with Crippen LogP contribution in [0.25, 0.3) is 0 Å². The molecule has 24 heavy (non-hydrogen) atoms. The van der Waals surface area contributed by atoms with Gasteiger partial charge in [0.25, 0.3) is 0 Å². The topological polar surface area (TPSA) is 49.4 Å². The molecule has 0 saturated carbocycles. The summed E-state index contributed by atoms with van der Waals surface area (Å²) >= 11 is 6.11. The van der Waals surface area contributed by atoms with Crippen molar-refractivity contribution in [2.45, 2.75) is 13.3 Å². The van der Waals surface area contributed by atoms with Gasteiger partial charge >= 0.3 is 0 Å². The molecule has 0 spiro atoms. The molecule has 0 heterocycles. The lowest BCUT2D eigenvalue weighted by atomic mass is 10.1. The molecule has 1 N–H and O–H groups in total. The number of para-hydroxylation sites is 1. The van der Waals surface area contributed by atoms with Crippen LogP contribution in [0.2, 0.25) is 5.02 Å². The lowest BCUT2D eigenvalue weighted by Gasteiger charge is -2.22. The fourth-order valence-corrected chi connectivity index (χ4v) is 2.56. The van der Waals surface area contributed by atoms with E-state index in [4.69, 9.17) is 11.6 Å². The van der Waals surface area contributed by atoms with Crippen molar-refractivity contribution in [1.82, 2.24) is 5.32 Å². The number of amides is 2. The molecular formula is C18H18ClFN2O2. The van der Waals surface area contributed by atoms with E-state index in [1.807, 2.05) is 0 Å². The van der Waals surface area contributed by atoms with Gasteiger partial charge in [0, 0.05) is 20.0 Å². The summed E-state index contributed by atoms with van der Waals surface area (Å²) in [4.78, 5) is 25.2. The second-order valence-electron chi connectivity index (χ2n) is 5.28. The van der Waals surface area contributed by atoms with Gasteiger partial charge in [-0.25, -0.2) is 4.39 Å². The van der Waals surface area contributed by atoms with Crippen molar-refractivity contribution in [2.75, 3.05) is 18.0 Å². The molecular weight excluding hydrogens is 331 g/mol. The Labute approximate surface area is 145 Å². The molecule has 0 fully saturated rings. The minimum absolute atomic E-state index is 0.0872. The molecule has 0 aliphatic carbocycles. The number of anilines is 1. The molecule has 0 aromatic heterocycles. The van der Waals surface area contributed by atoms with E-state index in [1.165, 1.54) is 24.0 Å². The Kier molecular flexibility index (Phi) is 6.32. The Hall–Kier alpha value is -2.40. The van der Waals surface area contributed by atoms with Crippen molar-refractivity contribution >= 4 is 29.1 Å². The van der Waals surface area contributed by atoms with Crippen LogP contribution in [-0.4, -0.2) is 24.9 Å². The lowest BCUT2D eigenvalue weighted by molar-refractivity contribution is -0.121. The van der Waals surface area contributed by atoms with Crippen molar-refractivity contribution in [3.8, 4) is 0 Å². The van der Waals surface area contributed by atoms with Crippen LogP contribution >= 0.6 is 11.6 Å². The van der Waals surface area contributed by atoms with Crippen LogP contribution in [0.1, 0.15) is 12.5 Å². The van der Waals surface area contributed by atoms with Crippen molar-refractivity contribution in [3.05, 3.63) is 64.9 Å². The molecule has 2 aromatic carbocycles. The second-order valence-corrected chi connectivity index (χ2v) is 5.69. The zero-order chi connectivity index (χ0) is 17.5. The van der Waals surface area contributed by atoms with E-state index in [9.17, 15) is 14.0 Å². The van der Waals surface area contributed by atoms with Crippen molar-refractivity contribution in [2.24, 2.45) is 0 Å². The Morgan fingerprint density at radius 3 is 2.58 bits per heavy atom. The van der Waals surface area contributed by atoms with Crippen LogP contribution in [0, 0.1) is 5.82 Å². The molecule has 0 aliphatic rings. The third kappa shape index (κ3) is 5.06. The summed E-state index contributed by atoms with van der Waals surface area (Å²) in [5.41, 5.74) is 1.20. The first-order chi connectivity index (χ1) is 11.5. The first-order valence-corrected chi connectivity index (χ1v) is 7.89. The molecule has 0 aliphatic heterocycles. The molecule has 0 saturated heterocycles. The fraction of sp³-hybridized carbons (Fsp3) is 0.222. The number of hydrogen-bond acceptors (Lipinski definition) is 2. The summed E-state index contributed by atoms with van der Waals surface area (Å²) in [6.07, 6.45) is 0.0872. The van der Waals surface area contributed by atoms with Gasteiger partial charge in [-0.2, -0.15) is 0 Å². The molecule has 0 bridgehead atoms. The average Bonchev–Trinajstić information content (AvgIpc) is 2.52. The maximum atomic E-state index is 13.1. The zero-order valence-corrected chi connectivity index (χ0v) is 14.0. The van der Waals surface area contributed by atoms with Crippen LogP contribution in [0.4, 0.5) is 10.1 Å². The van der Waals surface area contributed by atoms with Crippen molar-refractivity contribution in [3.63, 3.8) is 0 Å². The maximum Gasteiger partial charge on any atom is 0.224 e.